The van der Waals surface area contributed by atoms with Gasteiger partial charge in [0.2, 0.25) is 0 Å². The molecule has 0 saturated carbocycles. The number of esters is 3. The summed E-state index contributed by atoms with van der Waals surface area (Å²) in [4.78, 5) is 55.1. The highest BCUT2D eigenvalue weighted by molar-refractivity contribution is 5.72. The predicted octanol–water partition coefficient (Wildman–Crippen LogP) is 3.86. The average Bonchev–Trinajstić information content (AvgIpc) is 3.22. The Bertz CT molecular complexity index is 1610. The monoisotopic (exact) mass is 941 g/mol. The molecule has 4 heterocycles. The molecule has 19 atom stereocenters. The van der Waals surface area contributed by atoms with Crippen LogP contribution in [0.4, 0.5) is 0 Å². The molecule has 66 heavy (non-hydrogen) atoms. The van der Waals surface area contributed by atoms with Gasteiger partial charge in [-0.25, -0.2) is 0 Å². The molecule has 2 N–H and O–H groups in total. The lowest BCUT2D eigenvalue weighted by Crippen LogP contribution is -2.66. The van der Waals surface area contributed by atoms with E-state index >= 15 is 0 Å². The van der Waals surface area contributed by atoms with Crippen LogP contribution in [0.1, 0.15) is 107 Å². The van der Waals surface area contributed by atoms with Crippen molar-refractivity contribution in [1.82, 2.24) is 9.80 Å². The Morgan fingerprint density at radius 2 is 1.59 bits per heavy atom. The number of likely N-dealkylation sites (N-methyl/N-ethyl adjacent to an activating group) is 2. The maximum absolute atomic E-state index is 13.6. The zero-order valence-electron chi connectivity index (χ0n) is 41.4. The number of hydrogen-bond donors (Lipinski definition) is 2. The number of carbonyl (C=O) groups excluding carboxylic acids is 4. The van der Waals surface area contributed by atoms with Crippen LogP contribution in [-0.2, 0) is 66.5 Å². The third-order valence-corrected chi connectivity index (χ3v) is 13.2. The molecule has 0 amide bonds. The van der Waals surface area contributed by atoms with E-state index in [-0.39, 0.29) is 43.7 Å². The van der Waals surface area contributed by atoms with Gasteiger partial charge in [-0.3, -0.25) is 14.4 Å². The molecule has 378 valence electrons. The summed E-state index contributed by atoms with van der Waals surface area (Å²) >= 11 is 0. The van der Waals surface area contributed by atoms with Gasteiger partial charge in [-0.2, -0.15) is 0 Å². The summed E-state index contributed by atoms with van der Waals surface area (Å²) in [6, 6.07) is -0.545. The van der Waals surface area contributed by atoms with E-state index in [1.54, 1.807) is 53.6 Å². The Hall–Kier alpha value is -2.88. The smallest absolute Gasteiger partial charge is 0.309 e. The molecule has 4 aliphatic heterocycles. The molecular formula is C48H80N2O16. The first-order valence-corrected chi connectivity index (χ1v) is 23.6. The quantitative estimate of drug-likeness (QED) is 0.144. The number of nitrogens with zero attached hydrogens (tertiary/aromatic N) is 2. The minimum absolute atomic E-state index is 0.00317. The van der Waals surface area contributed by atoms with E-state index in [2.05, 4.69) is 4.90 Å². The van der Waals surface area contributed by atoms with Crippen molar-refractivity contribution in [3.05, 3.63) is 24.3 Å². The van der Waals surface area contributed by atoms with Crippen molar-refractivity contribution in [3.8, 4) is 0 Å². The normalized spacial score (nSPS) is 41.0. The van der Waals surface area contributed by atoms with Crippen LogP contribution in [0.3, 0.4) is 0 Å². The minimum atomic E-state index is -1.50. The molecule has 3 fully saturated rings. The molecule has 0 aliphatic carbocycles. The Balaban J connectivity index is 1.73. The standard InChI is InChI=1S/C48H80N2O16/c1-14-37(53)63-36-25-38(54)58-28(3)18-16-15-17-19-35(64-39-21-20-34(49(9)10)29(4)59-39)27(2)24-33(22-23-51)44(45(36)57-13)66-47-42(55)41(50(11)12)43(30(5)61-47)65-40-26-48(8,56)46(31(6)60-40)62-32(7)52/h15-17,19,23,27-31,33-36,39-47,55-56H,14,18,20-22,24-26H2,1-13H3. The van der Waals surface area contributed by atoms with E-state index in [9.17, 15) is 29.4 Å². The van der Waals surface area contributed by atoms with Crippen LogP contribution in [0.5, 0.6) is 0 Å². The molecule has 0 radical (unpaired) electrons. The molecule has 3 saturated heterocycles. The zero-order chi connectivity index (χ0) is 49.0. The van der Waals surface area contributed by atoms with Gasteiger partial charge in [0.15, 0.2) is 25.0 Å². The number of cyclic esters (lactones) is 1. The Labute approximate surface area is 391 Å². The summed E-state index contributed by atoms with van der Waals surface area (Å²) in [6.07, 6.45) is -1.89. The van der Waals surface area contributed by atoms with Crippen molar-refractivity contribution < 1.29 is 76.8 Å². The van der Waals surface area contributed by atoms with Crippen molar-refractivity contribution in [1.29, 1.82) is 0 Å². The Kier molecular flexibility index (Phi) is 21.7. The highest BCUT2D eigenvalue weighted by atomic mass is 16.7. The van der Waals surface area contributed by atoms with Crippen molar-refractivity contribution in [2.24, 2.45) is 11.8 Å². The van der Waals surface area contributed by atoms with E-state index in [0.29, 0.717) is 19.3 Å². The molecule has 0 aromatic heterocycles. The first-order chi connectivity index (χ1) is 31.1. The van der Waals surface area contributed by atoms with Gasteiger partial charge in [-0.05, 0) is 93.9 Å². The first kappa shape index (κ1) is 55.7. The summed E-state index contributed by atoms with van der Waals surface area (Å²) in [7, 11) is 9.01. The van der Waals surface area contributed by atoms with E-state index < -0.39 is 115 Å². The molecule has 19 unspecified atom stereocenters. The molecule has 4 rings (SSSR count). The molecule has 18 heteroatoms. The maximum atomic E-state index is 13.6. The van der Waals surface area contributed by atoms with Crippen LogP contribution in [0.25, 0.3) is 0 Å². The van der Waals surface area contributed by atoms with Gasteiger partial charge in [-0.15, -0.1) is 0 Å². The number of aliphatic hydroxyl groups excluding tert-OH is 1. The second-order valence-electron chi connectivity index (χ2n) is 19.2. The van der Waals surface area contributed by atoms with Crippen LogP contribution in [-0.4, -0.2) is 183 Å². The van der Waals surface area contributed by atoms with Crippen LogP contribution < -0.4 is 0 Å². The minimum Gasteiger partial charge on any atom is -0.462 e. The lowest BCUT2D eigenvalue weighted by molar-refractivity contribution is -0.344. The molecule has 0 aromatic rings. The van der Waals surface area contributed by atoms with E-state index in [4.69, 9.17) is 47.4 Å². The van der Waals surface area contributed by atoms with Crippen LogP contribution in [0.2, 0.25) is 0 Å². The van der Waals surface area contributed by atoms with Crippen molar-refractivity contribution >= 4 is 24.2 Å². The van der Waals surface area contributed by atoms with Gasteiger partial charge in [0.05, 0.1) is 43.0 Å². The maximum Gasteiger partial charge on any atom is 0.309 e. The lowest BCUT2D eigenvalue weighted by Gasteiger charge is -2.50. The number of aldehydes is 1. The first-order valence-electron chi connectivity index (χ1n) is 23.6. The Morgan fingerprint density at radius 1 is 0.894 bits per heavy atom. The molecular weight excluding hydrogens is 861 g/mol. The second kappa shape index (κ2) is 25.6. The molecule has 0 aromatic carbocycles. The van der Waals surface area contributed by atoms with Crippen molar-refractivity contribution in [2.75, 3.05) is 35.3 Å². The fourth-order valence-corrected chi connectivity index (χ4v) is 9.84. The lowest BCUT2D eigenvalue weighted by atomic mass is 9.82. The average molecular weight is 941 g/mol. The molecule has 18 nitrogen and oxygen atoms in total. The summed E-state index contributed by atoms with van der Waals surface area (Å²) in [5.41, 5.74) is -1.50. The van der Waals surface area contributed by atoms with Crippen LogP contribution >= 0.6 is 0 Å². The SMILES string of the molecule is CCC(=O)OC1CC(=O)OC(C)CC=CC=CC(OC2CCC(N(C)C)C(C)O2)C(C)CC(CC=O)C(OC2OC(C)C(OC3CC(C)(O)C(OC(C)=O)C(C)O3)C(N(C)C)C2O)C1OC. The number of rotatable bonds is 14. The summed E-state index contributed by atoms with van der Waals surface area (Å²) < 4.78 is 62.4. The third-order valence-electron chi connectivity index (χ3n) is 13.2. The largest absolute Gasteiger partial charge is 0.462 e. The van der Waals surface area contributed by atoms with Crippen LogP contribution in [0.15, 0.2) is 24.3 Å². The highest BCUT2D eigenvalue weighted by Crippen LogP contribution is 2.38. The van der Waals surface area contributed by atoms with Crippen molar-refractivity contribution in [2.45, 2.75) is 210 Å². The number of ether oxygens (including phenoxy) is 10. The highest BCUT2D eigenvalue weighted by Gasteiger charge is 2.53. The van der Waals surface area contributed by atoms with Gasteiger partial charge in [0.25, 0.3) is 0 Å². The van der Waals surface area contributed by atoms with Gasteiger partial charge in [0, 0.05) is 45.8 Å². The van der Waals surface area contributed by atoms with Gasteiger partial charge < -0.3 is 72.2 Å². The number of aliphatic hydroxyl groups is 2. The zero-order valence-corrected chi connectivity index (χ0v) is 41.4. The van der Waals surface area contributed by atoms with E-state index in [1.165, 1.54) is 14.0 Å². The summed E-state index contributed by atoms with van der Waals surface area (Å²) in [6.45, 7) is 13.7. The molecule has 0 spiro atoms. The summed E-state index contributed by atoms with van der Waals surface area (Å²) in [5.74, 6) is -2.72. The summed E-state index contributed by atoms with van der Waals surface area (Å²) in [5, 5.41) is 23.6. The third kappa shape index (κ3) is 15.3. The topological polar surface area (TPSA) is 208 Å². The van der Waals surface area contributed by atoms with Gasteiger partial charge in [-0.1, -0.05) is 38.2 Å². The number of methoxy groups -OCH3 is 1. The predicted molar refractivity (Wildman–Crippen MR) is 241 cm³/mol. The molecule has 4 aliphatic rings. The number of hydrogen-bond acceptors (Lipinski definition) is 18. The fraction of sp³-hybridized carbons (Fsp3) is 0.833. The van der Waals surface area contributed by atoms with Crippen molar-refractivity contribution in [3.63, 3.8) is 0 Å². The number of carbonyl (C=O) groups is 4. The second-order valence-corrected chi connectivity index (χ2v) is 19.2. The number of allylic oxidation sites excluding steroid dienone is 2. The van der Waals surface area contributed by atoms with Gasteiger partial charge >= 0.3 is 17.9 Å². The fourth-order valence-electron chi connectivity index (χ4n) is 9.84. The van der Waals surface area contributed by atoms with E-state index in [1.807, 2.05) is 52.2 Å². The van der Waals surface area contributed by atoms with E-state index in [0.717, 1.165) is 12.7 Å². The molecule has 0 bridgehead atoms. The van der Waals surface area contributed by atoms with Crippen LogP contribution in [0, 0.1) is 11.8 Å². The Morgan fingerprint density at radius 3 is 2.18 bits per heavy atom. The van der Waals surface area contributed by atoms with Gasteiger partial charge in [0.1, 0.15) is 42.4 Å².